The van der Waals surface area contributed by atoms with Gasteiger partial charge in [0.15, 0.2) is 5.82 Å². The van der Waals surface area contributed by atoms with Crippen LogP contribution in [0.15, 0.2) is 16.7 Å². The molecule has 2 aromatic rings. The van der Waals surface area contributed by atoms with Crippen molar-refractivity contribution >= 4 is 17.8 Å². The van der Waals surface area contributed by atoms with Crippen LogP contribution in [0.3, 0.4) is 0 Å². The minimum absolute atomic E-state index is 0.114. The molecule has 1 aliphatic carbocycles. The number of nitrogens with zero attached hydrogens (tertiary/aromatic N) is 2. The Bertz CT molecular complexity index is 833. The lowest BCUT2D eigenvalue weighted by Gasteiger charge is -2.38. The molecule has 4 N–H and O–H groups in total. The molecule has 0 aromatic carbocycles. The minimum atomic E-state index is -0.735. The Labute approximate surface area is 163 Å². The highest BCUT2D eigenvalue weighted by Crippen LogP contribution is 2.41. The number of amides is 2. The second-order valence-electron chi connectivity index (χ2n) is 7.94. The highest BCUT2D eigenvalue weighted by atomic mass is 16.6. The number of carbonyl (C=O) groups excluding carboxylic acids is 2. The SMILES string of the molecule is Cc1cc(CC(=O)Nc2cc(C3CCC(C(C)(C)OC(N)=O)CC3)[nH]n2)on1. The number of anilines is 1. The molecule has 1 saturated carbocycles. The summed E-state index contributed by atoms with van der Waals surface area (Å²) >= 11 is 0. The third kappa shape index (κ3) is 4.90. The summed E-state index contributed by atoms with van der Waals surface area (Å²) in [7, 11) is 0. The molecule has 0 saturated heterocycles. The lowest BCUT2D eigenvalue weighted by atomic mass is 9.74. The largest absolute Gasteiger partial charge is 0.443 e. The van der Waals surface area contributed by atoms with E-state index in [1.165, 1.54) is 0 Å². The zero-order chi connectivity index (χ0) is 20.3. The standard InChI is InChI=1S/C19H27N5O4/c1-11-8-14(28-24-11)9-17(25)21-16-10-15(22-23-16)12-4-6-13(7-5-12)19(2,3)27-18(20)26/h8,10,12-13H,4-7,9H2,1-3H3,(H2,20,26)(H2,21,22,23,25). The predicted molar refractivity (Wildman–Crippen MR) is 102 cm³/mol. The highest BCUT2D eigenvalue weighted by molar-refractivity contribution is 5.91. The van der Waals surface area contributed by atoms with Crippen LogP contribution in [0.1, 0.15) is 62.6 Å². The number of aryl methyl sites for hydroxylation is 1. The lowest BCUT2D eigenvalue weighted by molar-refractivity contribution is -0.115. The second-order valence-corrected chi connectivity index (χ2v) is 7.94. The van der Waals surface area contributed by atoms with E-state index in [1.54, 1.807) is 13.0 Å². The number of nitrogens with two attached hydrogens (primary N) is 1. The Morgan fingerprint density at radius 3 is 2.64 bits per heavy atom. The van der Waals surface area contributed by atoms with Crippen molar-refractivity contribution in [3.8, 4) is 0 Å². The first-order valence-electron chi connectivity index (χ1n) is 9.48. The average molecular weight is 389 g/mol. The predicted octanol–water partition coefficient (Wildman–Crippen LogP) is 3.04. The number of rotatable bonds is 6. The van der Waals surface area contributed by atoms with Gasteiger partial charge in [-0.1, -0.05) is 5.16 Å². The van der Waals surface area contributed by atoms with Crippen molar-refractivity contribution in [2.24, 2.45) is 11.7 Å². The van der Waals surface area contributed by atoms with E-state index in [0.29, 0.717) is 17.5 Å². The van der Waals surface area contributed by atoms with Crippen molar-refractivity contribution in [2.75, 3.05) is 5.32 Å². The van der Waals surface area contributed by atoms with Gasteiger partial charge in [-0.15, -0.1) is 0 Å². The van der Waals surface area contributed by atoms with Crippen molar-refractivity contribution in [1.82, 2.24) is 15.4 Å². The van der Waals surface area contributed by atoms with Crippen LogP contribution in [0.5, 0.6) is 0 Å². The molecule has 1 aliphatic rings. The molecule has 9 nitrogen and oxygen atoms in total. The van der Waals surface area contributed by atoms with Crippen LogP contribution in [0.4, 0.5) is 10.6 Å². The van der Waals surface area contributed by atoms with E-state index in [4.69, 9.17) is 15.0 Å². The molecule has 2 aromatic heterocycles. The van der Waals surface area contributed by atoms with Crippen LogP contribution in [-0.2, 0) is 16.0 Å². The molecule has 0 radical (unpaired) electrons. The molecule has 152 valence electrons. The van der Waals surface area contributed by atoms with E-state index >= 15 is 0 Å². The first-order chi connectivity index (χ1) is 13.2. The molecule has 0 spiro atoms. The van der Waals surface area contributed by atoms with Crippen LogP contribution in [0.2, 0.25) is 0 Å². The van der Waals surface area contributed by atoms with Crippen molar-refractivity contribution in [3.63, 3.8) is 0 Å². The minimum Gasteiger partial charge on any atom is -0.443 e. The first-order valence-corrected chi connectivity index (χ1v) is 9.48. The molecule has 9 heteroatoms. The zero-order valence-corrected chi connectivity index (χ0v) is 16.4. The van der Waals surface area contributed by atoms with Crippen molar-refractivity contribution < 1.29 is 18.8 Å². The van der Waals surface area contributed by atoms with E-state index in [2.05, 4.69) is 20.7 Å². The molecule has 28 heavy (non-hydrogen) atoms. The summed E-state index contributed by atoms with van der Waals surface area (Å²) in [6.45, 7) is 5.62. The molecular weight excluding hydrogens is 362 g/mol. The van der Waals surface area contributed by atoms with E-state index in [0.717, 1.165) is 37.1 Å². The van der Waals surface area contributed by atoms with E-state index in [1.807, 2.05) is 19.9 Å². The fourth-order valence-corrected chi connectivity index (χ4v) is 3.90. The van der Waals surface area contributed by atoms with Crippen LogP contribution < -0.4 is 11.1 Å². The molecule has 0 aliphatic heterocycles. The molecule has 0 unspecified atom stereocenters. The van der Waals surface area contributed by atoms with Gasteiger partial charge >= 0.3 is 6.09 Å². The van der Waals surface area contributed by atoms with Crippen molar-refractivity contribution in [2.45, 2.75) is 64.4 Å². The van der Waals surface area contributed by atoms with Crippen LogP contribution in [0, 0.1) is 12.8 Å². The normalized spacial score (nSPS) is 20.0. The Morgan fingerprint density at radius 1 is 1.32 bits per heavy atom. The topological polar surface area (TPSA) is 136 Å². The van der Waals surface area contributed by atoms with Crippen molar-refractivity contribution in [3.05, 3.63) is 29.3 Å². The number of aromatic amines is 1. The highest BCUT2D eigenvalue weighted by Gasteiger charge is 2.36. The number of ether oxygens (including phenoxy) is 1. The van der Waals surface area contributed by atoms with Crippen LogP contribution in [-0.4, -0.2) is 33.0 Å². The van der Waals surface area contributed by atoms with Crippen LogP contribution in [0.25, 0.3) is 0 Å². The molecule has 2 heterocycles. The Hall–Kier alpha value is -2.84. The maximum Gasteiger partial charge on any atom is 0.405 e. The van der Waals surface area contributed by atoms with Crippen molar-refractivity contribution in [1.29, 1.82) is 0 Å². The monoisotopic (exact) mass is 389 g/mol. The quantitative estimate of drug-likeness (QED) is 0.694. The van der Waals surface area contributed by atoms with Gasteiger partial charge in [0.2, 0.25) is 5.91 Å². The molecule has 1 fully saturated rings. The maximum absolute atomic E-state index is 12.1. The van der Waals surface area contributed by atoms with Gasteiger partial charge in [0.25, 0.3) is 0 Å². The van der Waals surface area contributed by atoms with Gasteiger partial charge in [0.1, 0.15) is 11.4 Å². The van der Waals surface area contributed by atoms with Gasteiger partial charge in [-0.25, -0.2) is 4.79 Å². The first kappa shape index (κ1) is 19.9. The van der Waals surface area contributed by atoms with E-state index in [-0.39, 0.29) is 18.2 Å². The molecular formula is C19H27N5O4. The van der Waals surface area contributed by atoms with Gasteiger partial charge < -0.3 is 20.3 Å². The Kier molecular flexibility index (Phi) is 5.71. The fourth-order valence-electron chi connectivity index (χ4n) is 3.90. The average Bonchev–Trinajstić information content (AvgIpc) is 3.23. The summed E-state index contributed by atoms with van der Waals surface area (Å²) in [6.07, 6.45) is 3.13. The third-order valence-corrected chi connectivity index (χ3v) is 5.39. The van der Waals surface area contributed by atoms with Gasteiger partial charge in [-0.3, -0.25) is 9.89 Å². The van der Waals surface area contributed by atoms with Gasteiger partial charge in [0.05, 0.1) is 12.1 Å². The number of hydrogen-bond donors (Lipinski definition) is 3. The van der Waals surface area contributed by atoms with Gasteiger partial charge in [-0.2, -0.15) is 5.10 Å². The summed E-state index contributed by atoms with van der Waals surface area (Å²) < 4.78 is 10.3. The van der Waals surface area contributed by atoms with Gasteiger partial charge in [0, 0.05) is 23.7 Å². The maximum atomic E-state index is 12.1. The molecule has 2 amide bonds. The number of H-pyrrole nitrogens is 1. The number of nitrogens with one attached hydrogen (secondary N) is 2. The summed E-state index contributed by atoms with van der Waals surface area (Å²) in [4.78, 5) is 23.2. The second kappa shape index (κ2) is 8.04. The number of hydrogen-bond acceptors (Lipinski definition) is 6. The molecule has 3 rings (SSSR count). The smallest absolute Gasteiger partial charge is 0.405 e. The number of aromatic nitrogens is 3. The summed E-state index contributed by atoms with van der Waals surface area (Å²) in [6, 6.07) is 3.61. The Balaban J connectivity index is 1.52. The van der Waals surface area contributed by atoms with E-state index in [9.17, 15) is 9.59 Å². The van der Waals surface area contributed by atoms with Gasteiger partial charge in [-0.05, 0) is 52.4 Å². The number of carbonyl (C=O) groups is 2. The fraction of sp³-hybridized carbons (Fsp3) is 0.579. The summed E-state index contributed by atoms with van der Waals surface area (Å²) in [5, 5.41) is 13.8. The zero-order valence-electron chi connectivity index (χ0n) is 16.4. The van der Waals surface area contributed by atoms with Crippen LogP contribution >= 0.6 is 0 Å². The number of primary amides is 1. The summed E-state index contributed by atoms with van der Waals surface area (Å²) in [5.41, 5.74) is 6.35. The molecule has 0 bridgehead atoms. The Morgan fingerprint density at radius 2 is 2.04 bits per heavy atom. The lowest BCUT2D eigenvalue weighted by Crippen LogP contribution is -2.40. The molecule has 0 atom stereocenters. The van der Waals surface area contributed by atoms with E-state index < -0.39 is 11.7 Å². The summed E-state index contributed by atoms with van der Waals surface area (Å²) in [5.74, 6) is 1.41. The third-order valence-electron chi connectivity index (χ3n) is 5.39.